The number of rotatable bonds is 8. The molecule has 5 heteroatoms. The maximum Gasteiger partial charge on any atom is 0.226 e. The molecular formula is C20H33N3O2. The molecule has 0 aliphatic carbocycles. The first kappa shape index (κ1) is 21.0. The number of hydrogen-bond acceptors (Lipinski definition) is 3. The van der Waals surface area contributed by atoms with Gasteiger partial charge in [-0.2, -0.15) is 0 Å². The van der Waals surface area contributed by atoms with Crippen LogP contribution in [0.2, 0.25) is 0 Å². The maximum atomic E-state index is 12.4. The summed E-state index contributed by atoms with van der Waals surface area (Å²) < 4.78 is 0. The van der Waals surface area contributed by atoms with Gasteiger partial charge in [-0.25, -0.2) is 0 Å². The number of carbonyl (C=O) groups is 2. The molecule has 140 valence electrons. The molecule has 0 saturated carbocycles. The molecular weight excluding hydrogens is 314 g/mol. The van der Waals surface area contributed by atoms with Gasteiger partial charge in [-0.15, -0.1) is 0 Å². The molecule has 0 bridgehead atoms. The van der Waals surface area contributed by atoms with Crippen LogP contribution in [0.1, 0.15) is 53.0 Å². The van der Waals surface area contributed by atoms with E-state index in [4.69, 9.17) is 0 Å². The Hall–Kier alpha value is -2.04. The monoisotopic (exact) mass is 347 g/mol. The van der Waals surface area contributed by atoms with Gasteiger partial charge < -0.3 is 15.1 Å². The fourth-order valence-electron chi connectivity index (χ4n) is 2.61. The molecule has 5 nitrogen and oxygen atoms in total. The molecule has 0 fully saturated rings. The van der Waals surface area contributed by atoms with E-state index in [1.165, 1.54) is 0 Å². The Morgan fingerprint density at radius 2 is 1.76 bits per heavy atom. The van der Waals surface area contributed by atoms with Crippen molar-refractivity contribution in [1.29, 1.82) is 0 Å². The number of benzene rings is 1. The normalized spacial score (nSPS) is 12.0. The third kappa shape index (κ3) is 5.76. The molecule has 0 aromatic heterocycles. The maximum absolute atomic E-state index is 12.4. The van der Waals surface area contributed by atoms with Gasteiger partial charge in [0.05, 0.1) is 0 Å². The van der Waals surface area contributed by atoms with Gasteiger partial charge in [0, 0.05) is 50.4 Å². The van der Waals surface area contributed by atoms with E-state index in [0.29, 0.717) is 13.0 Å². The molecule has 0 heterocycles. The fourth-order valence-corrected chi connectivity index (χ4v) is 2.61. The molecule has 1 rings (SSSR count). The van der Waals surface area contributed by atoms with Crippen LogP contribution in [0.25, 0.3) is 0 Å². The van der Waals surface area contributed by atoms with Crippen molar-refractivity contribution in [3.63, 3.8) is 0 Å². The van der Waals surface area contributed by atoms with Crippen LogP contribution < -0.4 is 10.2 Å². The Balaban J connectivity index is 3.19. The average Bonchev–Trinajstić information content (AvgIpc) is 2.58. The Kier molecular flexibility index (Phi) is 7.94. The largest absolute Gasteiger partial charge is 0.377 e. The summed E-state index contributed by atoms with van der Waals surface area (Å²) in [4.78, 5) is 28.3. The predicted octanol–water partition coefficient (Wildman–Crippen LogP) is 3.88. The van der Waals surface area contributed by atoms with E-state index in [0.717, 1.165) is 23.4 Å². The third-order valence-corrected chi connectivity index (χ3v) is 4.44. The van der Waals surface area contributed by atoms with E-state index < -0.39 is 0 Å². The molecule has 0 aliphatic rings. The van der Waals surface area contributed by atoms with Crippen LogP contribution in [0.15, 0.2) is 18.2 Å². The SMILES string of the molecule is CCC(=O)N(Cc1cc(NC(=O)C(C)C)ccc1N(C)C)[C@@H](C)CC. The van der Waals surface area contributed by atoms with Gasteiger partial charge in [0.1, 0.15) is 0 Å². The lowest BCUT2D eigenvalue weighted by Gasteiger charge is -2.30. The van der Waals surface area contributed by atoms with Gasteiger partial charge in [0.25, 0.3) is 0 Å². The van der Waals surface area contributed by atoms with Crippen LogP contribution in [0.3, 0.4) is 0 Å². The Bertz CT molecular complexity index is 597. The summed E-state index contributed by atoms with van der Waals surface area (Å²) in [5.74, 6) is 0.0675. The second kappa shape index (κ2) is 9.44. The highest BCUT2D eigenvalue weighted by molar-refractivity contribution is 5.92. The van der Waals surface area contributed by atoms with Crippen molar-refractivity contribution in [3.8, 4) is 0 Å². The Morgan fingerprint density at radius 3 is 2.24 bits per heavy atom. The van der Waals surface area contributed by atoms with Crippen molar-refractivity contribution in [1.82, 2.24) is 4.90 Å². The van der Waals surface area contributed by atoms with E-state index in [-0.39, 0.29) is 23.8 Å². The molecule has 0 unspecified atom stereocenters. The molecule has 0 radical (unpaired) electrons. The van der Waals surface area contributed by atoms with Crippen LogP contribution in [0, 0.1) is 5.92 Å². The number of carbonyl (C=O) groups excluding carboxylic acids is 2. The van der Waals surface area contributed by atoms with Crippen LogP contribution in [-0.2, 0) is 16.1 Å². The molecule has 1 atom stereocenters. The van der Waals surface area contributed by atoms with Crippen molar-refractivity contribution < 1.29 is 9.59 Å². The molecule has 1 aromatic carbocycles. The second-order valence-electron chi connectivity index (χ2n) is 7.01. The molecule has 0 aliphatic heterocycles. The lowest BCUT2D eigenvalue weighted by atomic mass is 10.1. The molecule has 1 N–H and O–H groups in total. The summed E-state index contributed by atoms with van der Waals surface area (Å²) in [5, 5.41) is 2.95. The zero-order valence-corrected chi connectivity index (χ0v) is 16.7. The number of hydrogen-bond donors (Lipinski definition) is 1. The zero-order chi connectivity index (χ0) is 19.1. The van der Waals surface area contributed by atoms with E-state index in [1.54, 1.807) is 0 Å². The molecule has 1 aromatic rings. The van der Waals surface area contributed by atoms with Crippen molar-refractivity contribution in [2.24, 2.45) is 5.92 Å². The van der Waals surface area contributed by atoms with Crippen molar-refractivity contribution in [3.05, 3.63) is 23.8 Å². The van der Waals surface area contributed by atoms with Crippen LogP contribution in [0.5, 0.6) is 0 Å². The number of nitrogens with zero attached hydrogens (tertiary/aromatic N) is 2. The minimum absolute atomic E-state index is 0.00744. The van der Waals surface area contributed by atoms with Crippen LogP contribution >= 0.6 is 0 Å². The highest BCUT2D eigenvalue weighted by Gasteiger charge is 2.20. The summed E-state index contributed by atoms with van der Waals surface area (Å²) in [5.41, 5.74) is 2.86. The van der Waals surface area contributed by atoms with Gasteiger partial charge in [0.2, 0.25) is 11.8 Å². The number of anilines is 2. The van der Waals surface area contributed by atoms with Gasteiger partial charge in [0.15, 0.2) is 0 Å². The Morgan fingerprint density at radius 1 is 1.12 bits per heavy atom. The lowest BCUT2D eigenvalue weighted by molar-refractivity contribution is -0.133. The molecule has 2 amide bonds. The first-order chi connectivity index (χ1) is 11.7. The predicted molar refractivity (Wildman–Crippen MR) is 105 cm³/mol. The van der Waals surface area contributed by atoms with Crippen molar-refractivity contribution in [2.45, 2.75) is 60.0 Å². The summed E-state index contributed by atoms with van der Waals surface area (Å²) in [6.07, 6.45) is 1.40. The molecule has 0 spiro atoms. The van der Waals surface area contributed by atoms with Crippen molar-refractivity contribution in [2.75, 3.05) is 24.3 Å². The average molecular weight is 348 g/mol. The standard InChI is InChI=1S/C20H33N3O2/c1-8-15(5)23(19(24)9-2)13-16-12-17(21-20(25)14(3)4)10-11-18(16)22(6)7/h10-12,14-15H,8-9,13H2,1-7H3,(H,21,25)/t15-/m0/s1. The van der Waals surface area contributed by atoms with Crippen LogP contribution in [-0.4, -0.2) is 36.9 Å². The van der Waals surface area contributed by atoms with E-state index in [1.807, 2.05) is 62.9 Å². The first-order valence-corrected chi connectivity index (χ1v) is 9.11. The summed E-state index contributed by atoms with van der Waals surface area (Å²) >= 11 is 0. The topological polar surface area (TPSA) is 52.7 Å². The lowest BCUT2D eigenvalue weighted by Crippen LogP contribution is -2.37. The van der Waals surface area contributed by atoms with E-state index in [2.05, 4.69) is 19.2 Å². The van der Waals surface area contributed by atoms with Crippen molar-refractivity contribution >= 4 is 23.2 Å². The highest BCUT2D eigenvalue weighted by atomic mass is 16.2. The summed E-state index contributed by atoms with van der Waals surface area (Å²) in [6.45, 7) is 10.3. The van der Waals surface area contributed by atoms with E-state index >= 15 is 0 Å². The smallest absolute Gasteiger partial charge is 0.226 e. The summed E-state index contributed by atoms with van der Waals surface area (Å²) in [6, 6.07) is 6.06. The quantitative estimate of drug-likeness (QED) is 0.776. The zero-order valence-electron chi connectivity index (χ0n) is 16.7. The number of nitrogens with one attached hydrogen (secondary N) is 1. The van der Waals surface area contributed by atoms with Gasteiger partial charge >= 0.3 is 0 Å². The Labute approximate surface area is 152 Å². The van der Waals surface area contributed by atoms with E-state index in [9.17, 15) is 9.59 Å². The first-order valence-electron chi connectivity index (χ1n) is 9.11. The highest BCUT2D eigenvalue weighted by Crippen LogP contribution is 2.26. The second-order valence-corrected chi connectivity index (χ2v) is 7.01. The fraction of sp³-hybridized carbons (Fsp3) is 0.600. The third-order valence-electron chi connectivity index (χ3n) is 4.44. The van der Waals surface area contributed by atoms with Gasteiger partial charge in [-0.05, 0) is 37.1 Å². The van der Waals surface area contributed by atoms with Crippen LogP contribution in [0.4, 0.5) is 11.4 Å². The summed E-state index contributed by atoms with van der Waals surface area (Å²) in [7, 11) is 3.97. The van der Waals surface area contributed by atoms with Gasteiger partial charge in [-0.3, -0.25) is 9.59 Å². The minimum Gasteiger partial charge on any atom is -0.377 e. The minimum atomic E-state index is -0.0738. The molecule has 25 heavy (non-hydrogen) atoms. The van der Waals surface area contributed by atoms with Gasteiger partial charge in [-0.1, -0.05) is 27.7 Å². The number of amides is 2. The molecule has 0 saturated heterocycles.